The molecular formula is C26H25N3O5. The van der Waals surface area contributed by atoms with Gasteiger partial charge in [0.25, 0.3) is 5.69 Å². The summed E-state index contributed by atoms with van der Waals surface area (Å²) < 4.78 is 0. The molecule has 8 heteroatoms. The molecule has 4 atom stereocenters. The average molecular weight is 460 g/mol. The van der Waals surface area contributed by atoms with Gasteiger partial charge in [-0.2, -0.15) is 0 Å². The van der Waals surface area contributed by atoms with Gasteiger partial charge in [-0.05, 0) is 35.8 Å². The lowest BCUT2D eigenvalue weighted by Crippen LogP contribution is -2.47. The fourth-order valence-corrected chi connectivity index (χ4v) is 5.54. The van der Waals surface area contributed by atoms with E-state index in [4.69, 9.17) is 0 Å². The zero-order valence-corrected chi connectivity index (χ0v) is 19.4. The summed E-state index contributed by atoms with van der Waals surface area (Å²) in [4.78, 5) is 55.0. The number of non-ortho nitro benzene ring substituents is 1. The van der Waals surface area contributed by atoms with Crippen LogP contribution in [0.3, 0.4) is 0 Å². The van der Waals surface area contributed by atoms with Crippen molar-refractivity contribution in [1.82, 2.24) is 4.90 Å². The second kappa shape index (κ2) is 7.35. The van der Waals surface area contributed by atoms with Gasteiger partial charge in [-0.1, -0.05) is 45.0 Å². The third-order valence-electron chi connectivity index (χ3n) is 7.10. The average Bonchev–Trinajstić information content (AvgIpc) is 3.25. The summed E-state index contributed by atoms with van der Waals surface area (Å²) in [5.41, 5.74) is 1.82. The van der Waals surface area contributed by atoms with E-state index in [0.29, 0.717) is 11.3 Å². The number of hydrogen-bond donors (Lipinski definition) is 0. The number of carbonyl (C=O) groups excluding carboxylic acids is 3. The molecule has 0 aliphatic carbocycles. The minimum absolute atomic E-state index is 0.0996. The maximum absolute atomic E-state index is 13.9. The van der Waals surface area contributed by atoms with Crippen LogP contribution in [0, 0.1) is 34.3 Å². The highest BCUT2D eigenvalue weighted by molar-refractivity contribution is 6.24. The number of ketones is 1. The Morgan fingerprint density at radius 1 is 1.03 bits per heavy atom. The number of fused-ring (bicyclic) bond motifs is 5. The molecule has 5 rings (SSSR count). The number of rotatable bonds is 3. The van der Waals surface area contributed by atoms with E-state index < -0.39 is 40.2 Å². The summed E-state index contributed by atoms with van der Waals surface area (Å²) >= 11 is 0. The standard InChI is InChI=1S/C26H25N3O5/c1-14-13-16(29(33)34)9-10-18(14)28-24(31)19-20(25(28)32)22(23(30)26(2,3)4)27-12-11-15-7-5-6-8-17(15)21(19)27/h5-13,19-22H,1-4H3/t19-,20+,21+,22-/m0/s1. The minimum Gasteiger partial charge on any atom is -0.359 e. The molecule has 0 radical (unpaired) electrons. The number of anilines is 1. The van der Waals surface area contributed by atoms with Crippen LogP contribution in [0.5, 0.6) is 0 Å². The topological polar surface area (TPSA) is 101 Å². The Kier molecular flexibility index (Phi) is 4.76. The van der Waals surface area contributed by atoms with Crippen LogP contribution in [-0.2, 0) is 14.4 Å². The van der Waals surface area contributed by atoms with Crippen LogP contribution >= 0.6 is 0 Å². The maximum Gasteiger partial charge on any atom is 0.269 e. The number of carbonyl (C=O) groups is 3. The van der Waals surface area contributed by atoms with E-state index in [9.17, 15) is 24.5 Å². The second-order valence-electron chi connectivity index (χ2n) is 10.2. The molecule has 0 N–H and O–H groups in total. The van der Waals surface area contributed by atoms with Crippen LogP contribution in [0.4, 0.5) is 11.4 Å². The van der Waals surface area contributed by atoms with Gasteiger partial charge in [-0.3, -0.25) is 24.5 Å². The summed E-state index contributed by atoms with van der Waals surface area (Å²) in [7, 11) is 0. The Labute approximate surface area is 197 Å². The molecule has 0 bridgehead atoms. The third kappa shape index (κ3) is 3.01. The Bertz CT molecular complexity index is 1290. The first-order chi connectivity index (χ1) is 16.0. The van der Waals surface area contributed by atoms with Crippen molar-refractivity contribution in [2.75, 3.05) is 4.90 Å². The fraction of sp³-hybridized carbons (Fsp3) is 0.346. The molecule has 3 aliphatic rings. The zero-order valence-electron chi connectivity index (χ0n) is 19.4. The number of hydrogen-bond acceptors (Lipinski definition) is 6. The lowest BCUT2D eigenvalue weighted by molar-refractivity contribution is -0.384. The highest BCUT2D eigenvalue weighted by atomic mass is 16.6. The summed E-state index contributed by atoms with van der Waals surface area (Å²) in [6.45, 7) is 7.09. The van der Waals surface area contributed by atoms with E-state index in [1.165, 1.54) is 18.2 Å². The Balaban J connectivity index is 1.65. The molecular weight excluding hydrogens is 434 g/mol. The van der Waals surface area contributed by atoms with Crippen molar-refractivity contribution in [3.63, 3.8) is 0 Å². The number of amides is 2. The molecule has 2 aromatic carbocycles. The molecule has 2 aromatic rings. The van der Waals surface area contributed by atoms with Crippen LogP contribution in [0.15, 0.2) is 48.7 Å². The number of nitro groups is 1. The molecule has 0 saturated carbocycles. The van der Waals surface area contributed by atoms with Crippen molar-refractivity contribution in [1.29, 1.82) is 0 Å². The monoisotopic (exact) mass is 459 g/mol. The highest BCUT2D eigenvalue weighted by Gasteiger charge is 2.65. The van der Waals surface area contributed by atoms with Gasteiger partial charge in [0.2, 0.25) is 11.8 Å². The smallest absolute Gasteiger partial charge is 0.269 e. The first-order valence-electron chi connectivity index (χ1n) is 11.2. The van der Waals surface area contributed by atoms with Crippen LogP contribution in [-0.4, -0.2) is 33.5 Å². The first kappa shape index (κ1) is 22.0. The van der Waals surface area contributed by atoms with Crippen molar-refractivity contribution in [2.24, 2.45) is 17.3 Å². The molecule has 34 heavy (non-hydrogen) atoms. The second-order valence-corrected chi connectivity index (χ2v) is 10.2. The Morgan fingerprint density at radius 3 is 2.35 bits per heavy atom. The number of nitro benzene ring substituents is 1. The van der Waals surface area contributed by atoms with Crippen LogP contribution in [0.1, 0.15) is 43.5 Å². The Hall–Kier alpha value is -3.81. The first-order valence-corrected chi connectivity index (χ1v) is 11.2. The lowest BCUT2D eigenvalue weighted by Gasteiger charge is -2.37. The quantitative estimate of drug-likeness (QED) is 0.390. The number of benzene rings is 2. The van der Waals surface area contributed by atoms with Gasteiger partial charge in [-0.15, -0.1) is 0 Å². The molecule has 2 fully saturated rings. The van der Waals surface area contributed by atoms with Crippen molar-refractivity contribution >= 4 is 35.0 Å². The van der Waals surface area contributed by atoms with Crippen molar-refractivity contribution < 1.29 is 19.3 Å². The molecule has 0 unspecified atom stereocenters. The van der Waals surface area contributed by atoms with E-state index in [1.54, 1.807) is 6.92 Å². The summed E-state index contributed by atoms with van der Waals surface area (Å²) in [6, 6.07) is 10.6. The van der Waals surface area contributed by atoms with E-state index >= 15 is 0 Å². The van der Waals surface area contributed by atoms with Gasteiger partial charge in [0, 0.05) is 23.7 Å². The van der Waals surface area contributed by atoms with Gasteiger partial charge in [0.15, 0.2) is 5.78 Å². The van der Waals surface area contributed by atoms with Crippen LogP contribution in [0.2, 0.25) is 0 Å². The van der Waals surface area contributed by atoms with E-state index in [-0.39, 0.29) is 17.4 Å². The number of imide groups is 1. The molecule has 3 heterocycles. The lowest BCUT2D eigenvalue weighted by atomic mass is 9.79. The molecule has 2 saturated heterocycles. The molecule has 8 nitrogen and oxygen atoms in total. The largest absolute Gasteiger partial charge is 0.359 e. The normalized spacial score (nSPS) is 25.3. The van der Waals surface area contributed by atoms with Gasteiger partial charge < -0.3 is 4.90 Å². The maximum atomic E-state index is 13.9. The Morgan fingerprint density at radius 2 is 1.71 bits per heavy atom. The van der Waals surface area contributed by atoms with Crippen LogP contribution in [0.25, 0.3) is 6.08 Å². The molecule has 2 amide bonds. The van der Waals surface area contributed by atoms with Gasteiger partial charge in [-0.25, -0.2) is 4.90 Å². The zero-order chi connectivity index (χ0) is 24.5. The van der Waals surface area contributed by atoms with E-state index in [1.807, 2.05) is 62.2 Å². The highest BCUT2D eigenvalue weighted by Crippen LogP contribution is 2.54. The van der Waals surface area contributed by atoms with Crippen molar-refractivity contribution in [3.8, 4) is 0 Å². The van der Waals surface area contributed by atoms with E-state index in [0.717, 1.165) is 16.0 Å². The van der Waals surface area contributed by atoms with E-state index in [2.05, 4.69) is 0 Å². The van der Waals surface area contributed by atoms with Gasteiger partial charge in [0.05, 0.1) is 28.5 Å². The number of Topliss-reactive ketones (excluding diaryl/α,β-unsaturated/α-hetero) is 1. The van der Waals surface area contributed by atoms with Crippen LogP contribution < -0.4 is 4.90 Å². The molecule has 3 aliphatic heterocycles. The predicted molar refractivity (Wildman–Crippen MR) is 126 cm³/mol. The molecule has 0 spiro atoms. The summed E-state index contributed by atoms with van der Waals surface area (Å²) in [5.74, 6) is -2.48. The predicted octanol–water partition coefficient (Wildman–Crippen LogP) is 4.03. The fourth-order valence-electron chi connectivity index (χ4n) is 5.54. The number of aryl methyl sites for hydroxylation is 1. The summed E-state index contributed by atoms with van der Waals surface area (Å²) in [5, 5.41) is 11.2. The van der Waals surface area contributed by atoms with Gasteiger partial charge in [0.1, 0.15) is 6.04 Å². The number of nitrogens with zero attached hydrogens (tertiary/aromatic N) is 3. The minimum atomic E-state index is -0.838. The van der Waals surface area contributed by atoms with Gasteiger partial charge >= 0.3 is 0 Å². The molecule has 174 valence electrons. The van der Waals surface area contributed by atoms with Crippen molar-refractivity contribution in [3.05, 3.63) is 75.5 Å². The molecule has 0 aromatic heterocycles. The third-order valence-corrected chi connectivity index (χ3v) is 7.10. The van der Waals surface area contributed by atoms with Crippen molar-refractivity contribution in [2.45, 2.75) is 39.8 Å². The SMILES string of the molecule is Cc1cc([N+](=O)[O-])ccc1N1C(=O)[C@@H]2[C@H](C1=O)[C@H]1c3ccccc3C=CN1[C@@H]2C(=O)C(C)(C)C. The summed E-state index contributed by atoms with van der Waals surface area (Å²) in [6.07, 6.45) is 3.75.